The first kappa shape index (κ1) is 22.8. The highest BCUT2D eigenvalue weighted by Gasteiger charge is 1.94. The summed E-state index contributed by atoms with van der Waals surface area (Å²) in [6, 6.07) is 17.7. The number of aryl methyl sites for hydroxylation is 2. The normalized spacial score (nSPS) is 11.1. The highest BCUT2D eigenvalue weighted by Crippen LogP contribution is 2.11. The van der Waals surface area contributed by atoms with Crippen molar-refractivity contribution in [2.24, 2.45) is 0 Å². The van der Waals surface area contributed by atoms with E-state index in [4.69, 9.17) is 0 Å². The molecule has 0 radical (unpaired) electrons. The van der Waals surface area contributed by atoms with Crippen LogP contribution in [0.4, 0.5) is 0 Å². The number of hydrogen-bond donors (Lipinski definition) is 0. The van der Waals surface area contributed by atoms with Gasteiger partial charge < -0.3 is 0 Å². The van der Waals surface area contributed by atoms with Crippen LogP contribution in [0.5, 0.6) is 0 Å². The number of unbranched alkanes of at least 4 members (excludes halogenated alkanes) is 5. The Bertz CT molecular complexity index is 792. The average molecular weight is 385 g/mol. The molecule has 0 saturated carbocycles. The first-order valence-corrected chi connectivity index (χ1v) is 11.3. The third-order valence-electron chi connectivity index (χ3n) is 5.15. The van der Waals surface area contributed by atoms with Crippen LogP contribution in [0, 0.1) is 11.8 Å². The van der Waals surface area contributed by atoms with Crippen LogP contribution in [0.3, 0.4) is 0 Å². The Labute approximate surface area is 178 Å². The van der Waals surface area contributed by atoms with Crippen molar-refractivity contribution in [2.75, 3.05) is 0 Å². The maximum absolute atomic E-state index is 3.10. The number of rotatable bonds is 11. The summed E-state index contributed by atoms with van der Waals surface area (Å²) in [6.45, 7) is 4.50. The smallest absolute Gasteiger partial charge is 0.0109 e. The average Bonchev–Trinajstić information content (AvgIpc) is 2.76. The van der Waals surface area contributed by atoms with Gasteiger partial charge in [0.1, 0.15) is 0 Å². The first-order chi connectivity index (χ1) is 14.3. The van der Waals surface area contributed by atoms with Gasteiger partial charge in [0.05, 0.1) is 0 Å². The lowest BCUT2D eigenvalue weighted by Gasteiger charge is -2.01. The second-order valence-electron chi connectivity index (χ2n) is 7.71. The first-order valence-electron chi connectivity index (χ1n) is 11.3. The fourth-order valence-corrected chi connectivity index (χ4v) is 3.30. The van der Waals surface area contributed by atoms with Crippen LogP contribution in [0.1, 0.15) is 81.0 Å². The van der Waals surface area contributed by atoms with Gasteiger partial charge in [0.15, 0.2) is 0 Å². The molecule has 0 spiro atoms. The van der Waals surface area contributed by atoms with Crippen molar-refractivity contribution >= 4 is 12.2 Å². The van der Waals surface area contributed by atoms with E-state index < -0.39 is 0 Å². The maximum atomic E-state index is 3.10. The van der Waals surface area contributed by atoms with Gasteiger partial charge in [-0.05, 0) is 72.2 Å². The minimum Gasteiger partial charge on any atom is -0.0702 e. The van der Waals surface area contributed by atoms with Crippen LogP contribution in [0.25, 0.3) is 12.2 Å². The second kappa shape index (κ2) is 14.5. The van der Waals surface area contributed by atoms with Gasteiger partial charge in [0.2, 0.25) is 0 Å². The fraction of sp³-hybridized carbons (Fsp3) is 0.379. The van der Waals surface area contributed by atoms with Gasteiger partial charge in [-0.1, -0.05) is 106 Å². The van der Waals surface area contributed by atoms with Crippen LogP contribution >= 0.6 is 0 Å². The molecule has 0 saturated heterocycles. The molecule has 0 heterocycles. The van der Waals surface area contributed by atoms with E-state index in [9.17, 15) is 0 Å². The number of benzene rings is 2. The zero-order chi connectivity index (χ0) is 20.6. The molecule has 0 N–H and O–H groups in total. The monoisotopic (exact) mass is 384 g/mol. The van der Waals surface area contributed by atoms with E-state index in [2.05, 4.69) is 86.4 Å². The van der Waals surface area contributed by atoms with Crippen LogP contribution in [0.2, 0.25) is 0 Å². The summed E-state index contributed by atoms with van der Waals surface area (Å²) in [4.78, 5) is 0. The van der Waals surface area contributed by atoms with Crippen molar-refractivity contribution in [3.63, 3.8) is 0 Å². The van der Waals surface area contributed by atoms with Crippen LogP contribution in [0.15, 0.2) is 60.7 Å². The van der Waals surface area contributed by atoms with Gasteiger partial charge in [-0.15, -0.1) is 0 Å². The molecule has 2 rings (SSSR count). The van der Waals surface area contributed by atoms with Crippen LogP contribution < -0.4 is 0 Å². The summed E-state index contributed by atoms with van der Waals surface area (Å²) in [7, 11) is 0. The van der Waals surface area contributed by atoms with Crippen LogP contribution in [-0.4, -0.2) is 0 Å². The predicted molar refractivity (Wildman–Crippen MR) is 130 cm³/mol. The van der Waals surface area contributed by atoms with Crippen molar-refractivity contribution < 1.29 is 0 Å². The topological polar surface area (TPSA) is 0 Å². The Hall–Kier alpha value is -2.52. The molecule has 152 valence electrons. The van der Waals surface area contributed by atoms with Crippen molar-refractivity contribution in [3.05, 3.63) is 82.9 Å². The molecule has 29 heavy (non-hydrogen) atoms. The number of allylic oxidation sites excluding steroid dienone is 2. The minimum atomic E-state index is 1.18. The summed E-state index contributed by atoms with van der Waals surface area (Å²) >= 11 is 0. The Balaban J connectivity index is 1.75. The molecule has 0 atom stereocenters. The van der Waals surface area contributed by atoms with Crippen molar-refractivity contribution in [3.8, 4) is 11.8 Å². The molecular weight excluding hydrogens is 348 g/mol. The van der Waals surface area contributed by atoms with E-state index in [-0.39, 0.29) is 0 Å². The molecule has 0 heteroatoms. The molecular formula is C29H36. The van der Waals surface area contributed by atoms with Gasteiger partial charge in [0.25, 0.3) is 0 Å². The third-order valence-corrected chi connectivity index (χ3v) is 5.15. The summed E-state index contributed by atoms with van der Waals surface area (Å²) in [5, 5.41) is 0. The zero-order valence-electron chi connectivity index (χ0n) is 18.3. The standard InChI is InChI=1S/C29H36/c1-3-5-7-11-15-27-22-24-29(25-23-27)17-13-9-8-12-16-28-20-18-26(19-21-28)14-10-6-4-2/h12-13,16-25H,3-7,10-11,14-15H2,1-2H3. The van der Waals surface area contributed by atoms with Crippen molar-refractivity contribution in [2.45, 2.75) is 71.6 Å². The highest BCUT2D eigenvalue weighted by molar-refractivity contribution is 5.56. The van der Waals surface area contributed by atoms with Gasteiger partial charge in [-0.2, -0.15) is 0 Å². The van der Waals surface area contributed by atoms with Crippen molar-refractivity contribution in [1.29, 1.82) is 0 Å². The molecule has 0 aliphatic carbocycles. The van der Waals surface area contributed by atoms with Gasteiger partial charge in [-0.25, -0.2) is 0 Å². The lowest BCUT2D eigenvalue weighted by atomic mass is 10.0. The Kier molecular flexibility index (Phi) is 11.4. The Morgan fingerprint density at radius 3 is 1.41 bits per heavy atom. The molecule has 0 amide bonds. The zero-order valence-corrected chi connectivity index (χ0v) is 18.3. The summed E-state index contributed by atoms with van der Waals surface area (Å²) in [5.74, 6) is 6.19. The van der Waals surface area contributed by atoms with E-state index >= 15 is 0 Å². The quantitative estimate of drug-likeness (QED) is 0.270. The van der Waals surface area contributed by atoms with Gasteiger partial charge in [-0.3, -0.25) is 0 Å². The highest BCUT2D eigenvalue weighted by atomic mass is 14.0. The molecule has 0 nitrogen and oxygen atoms in total. The molecule has 0 unspecified atom stereocenters. The van der Waals surface area contributed by atoms with E-state index in [0.29, 0.717) is 0 Å². The Morgan fingerprint density at radius 2 is 0.966 bits per heavy atom. The van der Waals surface area contributed by atoms with E-state index in [1.807, 2.05) is 12.2 Å². The van der Waals surface area contributed by atoms with E-state index in [1.165, 1.54) is 80.0 Å². The molecule has 0 aromatic heterocycles. The SMILES string of the molecule is CCCCCCc1ccc(C=CC#CC=Cc2ccc(CCCCC)cc2)cc1. The molecule has 0 bridgehead atoms. The summed E-state index contributed by atoms with van der Waals surface area (Å²) in [6.07, 6.45) is 19.5. The Morgan fingerprint density at radius 1 is 0.552 bits per heavy atom. The molecule has 0 aliphatic heterocycles. The van der Waals surface area contributed by atoms with Crippen molar-refractivity contribution in [1.82, 2.24) is 0 Å². The fourth-order valence-electron chi connectivity index (χ4n) is 3.30. The molecule has 2 aromatic rings. The lowest BCUT2D eigenvalue weighted by molar-refractivity contribution is 0.667. The van der Waals surface area contributed by atoms with Gasteiger partial charge in [0, 0.05) is 0 Å². The third kappa shape index (κ3) is 10.00. The largest absolute Gasteiger partial charge is 0.0702 e. The minimum absolute atomic E-state index is 1.18. The lowest BCUT2D eigenvalue weighted by Crippen LogP contribution is -1.85. The van der Waals surface area contributed by atoms with E-state index in [0.717, 1.165) is 0 Å². The molecule has 0 aliphatic rings. The van der Waals surface area contributed by atoms with E-state index in [1.54, 1.807) is 0 Å². The number of hydrogen-bond acceptors (Lipinski definition) is 0. The predicted octanol–water partition coefficient (Wildman–Crippen LogP) is 8.27. The second-order valence-corrected chi connectivity index (χ2v) is 7.71. The maximum Gasteiger partial charge on any atom is -0.0109 e. The van der Waals surface area contributed by atoms with Crippen LogP contribution in [-0.2, 0) is 12.8 Å². The molecule has 0 fully saturated rings. The summed E-state index contributed by atoms with van der Waals surface area (Å²) < 4.78 is 0. The van der Waals surface area contributed by atoms with Gasteiger partial charge >= 0.3 is 0 Å². The molecule has 2 aromatic carbocycles. The summed E-state index contributed by atoms with van der Waals surface area (Å²) in [5.41, 5.74) is 5.27.